The molecule has 0 bridgehead atoms. The molecule has 5 rings (SSSR count). The van der Waals surface area contributed by atoms with Gasteiger partial charge in [0.1, 0.15) is 18.0 Å². The van der Waals surface area contributed by atoms with E-state index in [2.05, 4.69) is 15.2 Å². The monoisotopic (exact) mass is 471 g/mol. The Kier molecular flexibility index (Phi) is 4.93. The predicted molar refractivity (Wildman–Crippen MR) is 118 cm³/mol. The second-order valence-electron chi connectivity index (χ2n) is 7.40. The molecule has 0 radical (unpaired) electrons. The lowest BCUT2D eigenvalue weighted by Gasteiger charge is -2.21. The molecule has 0 unspecified atom stereocenters. The van der Waals surface area contributed by atoms with Crippen molar-refractivity contribution in [1.82, 2.24) is 19.6 Å². The number of benzene rings is 3. The summed E-state index contributed by atoms with van der Waals surface area (Å²) >= 11 is 6.19. The fourth-order valence-electron chi connectivity index (χ4n) is 3.72. The molecule has 0 spiro atoms. The molecule has 33 heavy (non-hydrogen) atoms. The number of fused-ring (bicyclic) bond motifs is 3. The Bertz CT molecular complexity index is 1510. The highest BCUT2D eigenvalue weighted by Crippen LogP contribution is 2.36. The minimum absolute atomic E-state index is 0.327. The standard InChI is InChI=1S/C23H14ClF4N5/c1-32(21-17-7-6-15(24)11-20(17)33-12-29-31-22(33)30-21)16-4-2-3-13(9-16)14-5-8-18(19(25)10-14)23(26,27)28/h2-12H,1H3. The van der Waals surface area contributed by atoms with Crippen molar-refractivity contribution in [3.05, 3.63) is 83.4 Å². The van der Waals surface area contributed by atoms with Crippen LogP contribution in [-0.4, -0.2) is 26.6 Å². The fraction of sp³-hybridized carbons (Fsp3) is 0.0870. The maximum atomic E-state index is 14.1. The van der Waals surface area contributed by atoms with Gasteiger partial charge in [-0.25, -0.2) is 4.39 Å². The molecule has 5 aromatic rings. The number of hydrogen-bond acceptors (Lipinski definition) is 4. The molecule has 0 atom stereocenters. The first-order chi connectivity index (χ1) is 15.7. The highest BCUT2D eigenvalue weighted by molar-refractivity contribution is 6.31. The van der Waals surface area contributed by atoms with E-state index in [1.54, 1.807) is 48.1 Å². The van der Waals surface area contributed by atoms with Gasteiger partial charge >= 0.3 is 6.18 Å². The average molecular weight is 472 g/mol. The van der Waals surface area contributed by atoms with Crippen LogP contribution < -0.4 is 4.90 Å². The molecule has 10 heteroatoms. The molecular weight excluding hydrogens is 458 g/mol. The number of anilines is 2. The second-order valence-corrected chi connectivity index (χ2v) is 7.84. The van der Waals surface area contributed by atoms with E-state index in [-0.39, 0.29) is 0 Å². The van der Waals surface area contributed by atoms with Gasteiger partial charge in [-0.1, -0.05) is 29.8 Å². The zero-order chi connectivity index (χ0) is 23.3. The van der Waals surface area contributed by atoms with E-state index in [1.807, 2.05) is 17.0 Å². The number of rotatable bonds is 3. The quantitative estimate of drug-likeness (QED) is 0.281. The van der Waals surface area contributed by atoms with Crippen LogP contribution >= 0.6 is 11.6 Å². The van der Waals surface area contributed by atoms with Crippen LogP contribution in [0, 0.1) is 5.82 Å². The van der Waals surface area contributed by atoms with E-state index < -0.39 is 17.6 Å². The Labute approximate surface area is 189 Å². The van der Waals surface area contributed by atoms with Crippen molar-refractivity contribution in [1.29, 1.82) is 0 Å². The minimum Gasteiger partial charge on any atom is -0.329 e. The Morgan fingerprint density at radius 1 is 0.970 bits per heavy atom. The molecule has 2 aromatic heterocycles. The van der Waals surface area contributed by atoms with Gasteiger partial charge in [0.2, 0.25) is 0 Å². The van der Waals surface area contributed by atoms with Crippen LogP contribution in [0.1, 0.15) is 5.56 Å². The molecule has 0 aliphatic rings. The molecule has 0 saturated heterocycles. The van der Waals surface area contributed by atoms with Crippen LogP contribution in [0.2, 0.25) is 5.02 Å². The number of nitrogens with zero attached hydrogens (tertiary/aromatic N) is 5. The van der Waals surface area contributed by atoms with Gasteiger partial charge in [-0.2, -0.15) is 18.2 Å². The van der Waals surface area contributed by atoms with Crippen LogP contribution in [0.4, 0.5) is 29.1 Å². The number of hydrogen-bond donors (Lipinski definition) is 0. The number of alkyl halides is 3. The van der Waals surface area contributed by atoms with E-state index in [1.165, 1.54) is 6.07 Å². The van der Waals surface area contributed by atoms with Crippen molar-refractivity contribution in [3.8, 4) is 11.1 Å². The molecule has 166 valence electrons. The molecule has 0 saturated carbocycles. The Morgan fingerprint density at radius 2 is 1.76 bits per heavy atom. The van der Waals surface area contributed by atoms with E-state index >= 15 is 0 Å². The summed E-state index contributed by atoms with van der Waals surface area (Å²) in [6.07, 6.45) is -3.20. The Morgan fingerprint density at radius 3 is 2.52 bits per heavy atom. The topological polar surface area (TPSA) is 46.3 Å². The van der Waals surface area contributed by atoms with Crippen LogP contribution in [-0.2, 0) is 6.18 Å². The van der Waals surface area contributed by atoms with Gasteiger partial charge in [-0.3, -0.25) is 4.40 Å². The first kappa shape index (κ1) is 21.1. The SMILES string of the molecule is CN(c1cccc(-c2ccc(C(F)(F)F)c(F)c2)c1)c1nc2nncn2c2cc(Cl)ccc12. The molecule has 0 aliphatic carbocycles. The van der Waals surface area contributed by atoms with Crippen molar-refractivity contribution < 1.29 is 17.6 Å². The van der Waals surface area contributed by atoms with Crippen molar-refractivity contribution in [2.24, 2.45) is 0 Å². The number of halogens is 5. The maximum absolute atomic E-state index is 14.1. The van der Waals surface area contributed by atoms with Crippen molar-refractivity contribution >= 4 is 39.8 Å². The summed E-state index contributed by atoms with van der Waals surface area (Å²) in [6, 6.07) is 15.3. The third kappa shape index (κ3) is 3.74. The summed E-state index contributed by atoms with van der Waals surface area (Å²) in [6.45, 7) is 0. The first-order valence-electron chi connectivity index (χ1n) is 9.72. The molecule has 2 heterocycles. The van der Waals surface area contributed by atoms with Crippen molar-refractivity contribution in [2.45, 2.75) is 6.18 Å². The lowest BCUT2D eigenvalue weighted by molar-refractivity contribution is -0.139. The summed E-state index contributed by atoms with van der Waals surface area (Å²) in [4.78, 5) is 6.43. The molecule has 5 nitrogen and oxygen atoms in total. The van der Waals surface area contributed by atoms with Gasteiger partial charge in [-0.15, -0.1) is 10.2 Å². The Balaban J connectivity index is 1.60. The third-order valence-corrected chi connectivity index (χ3v) is 5.59. The second kappa shape index (κ2) is 7.70. The summed E-state index contributed by atoms with van der Waals surface area (Å²) < 4.78 is 54.6. The van der Waals surface area contributed by atoms with Gasteiger partial charge in [0.15, 0.2) is 0 Å². The molecule has 0 aliphatic heterocycles. The molecule has 0 fully saturated rings. The highest BCUT2D eigenvalue weighted by atomic mass is 35.5. The largest absolute Gasteiger partial charge is 0.419 e. The van der Waals surface area contributed by atoms with Crippen molar-refractivity contribution in [2.75, 3.05) is 11.9 Å². The van der Waals surface area contributed by atoms with E-state index in [0.29, 0.717) is 33.4 Å². The summed E-state index contributed by atoms with van der Waals surface area (Å²) in [7, 11) is 1.80. The predicted octanol–water partition coefficient (Wildman–Crippen LogP) is 6.52. The van der Waals surface area contributed by atoms with E-state index in [4.69, 9.17) is 11.6 Å². The Hall–Kier alpha value is -3.72. The summed E-state index contributed by atoms with van der Waals surface area (Å²) in [5.74, 6) is -0.356. The summed E-state index contributed by atoms with van der Waals surface area (Å²) in [5, 5.41) is 9.29. The van der Waals surface area contributed by atoms with Gasteiger partial charge in [0.25, 0.3) is 5.78 Å². The van der Waals surface area contributed by atoms with Crippen LogP contribution in [0.3, 0.4) is 0 Å². The fourth-order valence-corrected chi connectivity index (χ4v) is 3.89. The van der Waals surface area contributed by atoms with Crippen LogP contribution in [0.15, 0.2) is 67.0 Å². The maximum Gasteiger partial charge on any atom is 0.419 e. The van der Waals surface area contributed by atoms with Gasteiger partial charge in [0, 0.05) is 23.1 Å². The zero-order valence-electron chi connectivity index (χ0n) is 17.0. The summed E-state index contributed by atoms with van der Waals surface area (Å²) in [5.41, 5.74) is 1.05. The zero-order valence-corrected chi connectivity index (χ0v) is 17.7. The molecule has 3 aromatic carbocycles. The first-order valence-corrected chi connectivity index (χ1v) is 10.1. The highest BCUT2D eigenvalue weighted by Gasteiger charge is 2.34. The van der Waals surface area contributed by atoms with Gasteiger partial charge < -0.3 is 4.90 Å². The lowest BCUT2D eigenvalue weighted by Crippen LogP contribution is -2.13. The average Bonchev–Trinajstić information content (AvgIpc) is 3.26. The lowest BCUT2D eigenvalue weighted by atomic mass is 10.0. The van der Waals surface area contributed by atoms with Crippen LogP contribution in [0.5, 0.6) is 0 Å². The van der Waals surface area contributed by atoms with Gasteiger partial charge in [-0.05, 0) is 53.6 Å². The van der Waals surface area contributed by atoms with E-state index in [0.717, 1.165) is 23.0 Å². The molecule has 0 N–H and O–H groups in total. The van der Waals surface area contributed by atoms with Crippen molar-refractivity contribution in [3.63, 3.8) is 0 Å². The normalized spacial score (nSPS) is 11.9. The minimum atomic E-state index is -4.75. The van der Waals surface area contributed by atoms with Gasteiger partial charge in [0.05, 0.1) is 11.1 Å². The smallest absolute Gasteiger partial charge is 0.329 e. The molecule has 0 amide bonds. The van der Waals surface area contributed by atoms with E-state index in [9.17, 15) is 17.6 Å². The third-order valence-electron chi connectivity index (χ3n) is 5.35. The van der Waals surface area contributed by atoms with Crippen LogP contribution in [0.25, 0.3) is 27.8 Å². The molecular formula is C23H14ClF4N5. The number of aromatic nitrogens is 4.